The van der Waals surface area contributed by atoms with E-state index >= 15 is 0 Å². The van der Waals surface area contributed by atoms with Crippen molar-refractivity contribution in [2.24, 2.45) is 11.3 Å². The molecule has 1 saturated carbocycles. The van der Waals surface area contributed by atoms with Crippen LogP contribution in [0.4, 0.5) is 5.82 Å². The summed E-state index contributed by atoms with van der Waals surface area (Å²) in [7, 11) is -2.89. The molecule has 1 aliphatic heterocycles. The van der Waals surface area contributed by atoms with E-state index in [0.717, 1.165) is 16.5 Å². The molecule has 0 bridgehead atoms. The highest BCUT2D eigenvalue weighted by Crippen LogP contribution is 2.60. The molecule has 1 aliphatic carbocycles. The van der Waals surface area contributed by atoms with Crippen LogP contribution in [0.3, 0.4) is 0 Å². The molecule has 1 spiro atoms. The van der Waals surface area contributed by atoms with Gasteiger partial charge in [-0.15, -0.1) is 11.3 Å². The Morgan fingerprint density at radius 2 is 2.09 bits per heavy atom. The molecule has 1 unspecified atom stereocenters. The Morgan fingerprint density at radius 3 is 2.86 bits per heavy atom. The zero-order valence-corrected chi connectivity index (χ0v) is 13.5. The number of nitrogens with zero attached hydrogens (tertiary/aromatic N) is 1. The van der Waals surface area contributed by atoms with E-state index < -0.39 is 9.84 Å². The van der Waals surface area contributed by atoms with Gasteiger partial charge in [0.25, 0.3) is 0 Å². The van der Waals surface area contributed by atoms with E-state index in [4.69, 9.17) is 0 Å². The number of hydrogen-bond acceptors (Lipinski definition) is 5. The van der Waals surface area contributed by atoms with E-state index in [2.05, 4.69) is 10.3 Å². The fraction of sp³-hybridized carbons (Fsp3) is 0.467. The minimum absolute atomic E-state index is 0.0227. The molecule has 1 N–H and O–H groups in total. The lowest BCUT2D eigenvalue weighted by molar-refractivity contribution is -0.118. The molecule has 1 amide bonds. The van der Waals surface area contributed by atoms with Crippen molar-refractivity contribution in [1.82, 2.24) is 4.98 Å². The van der Waals surface area contributed by atoms with Crippen molar-refractivity contribution in [3.05, 3.63) is 23.7 Å². The van der Waals surface area contributed by atoms with Crippen molar-refractivity contribution in [3.63, 3.8) is 0 Å². The Labute approximate surface area is 132 Å². The number of thiophene rings is 1. The standard InChI is InChI=1S/C15H16N2O3S2/c18-14(11-9-15(11)3-7-22(19,20)8-4-15)17-13-10-2-6-21-12(10)1-5-16-13/h1-2,5-6,11H,3-4,7-9H2,(H,16,17,18). The second kappa shape index (κ2) is 4.76. The molecule has 0 aromatic carbocycles. The molecule has 5 nitrogen and oxygen atoms in total. The predicted octanol–water partition coefficient (Wildman–Crippen LogP) is 2.45. The number of fused-ring (bicyclic) bond motifs is 1. The molecule has 2 aliphatic rings. The van der Waals surface area contributed by atoms with Gasteiger partial charge in [-0.2, -0.15) is 0 Å². The van der Waals surface area contributed by atoms with Gasteiger partial charge < -0.3 is 5.32 Å². The summed E-state index contributed by atoms with van der Waals surface area (Å²) in [5.74, 6) is 0.947. The molecule has 1 saturated heterocycles. The zero-order chi connectivity index (χ0) is 15.4. The first-order chi connectivity index (χ1) is 10.5. The van der Waals surface area contributed by atoms with Gasteiger partial charge in [0.1, 0.15) is 15.7 Å². The Hall–Kier alpha value is -1.47. The summed E-state index contributed by atoms with van der Waals surface area (Å²) in [4.78, 5) is 16.7. The number of anilines is 1. The number of aromatic nitrogens is 1. The van der Waals surface area contributed by atoms with Crippen LogP contribution in [-0.2, 0) is 14.6 Å². The van der Waals surface area contributed by atoms with Gasteiger partial charge in [-0.05, 0) is 42.2 Å². The van der Waals surface area contributed by atoms with Crippen molar-refractivity contribution in [1.29, 1.82) is 0 Å². The Bertz CT molecular complexity index is 843. The lowest BCUT2D eigenvalue weighted by atomic mass is 9.96. The van der Waals surface area contributed by atoms with Gasteiger partial charge in [0, 0.05) is 22.2 Å². The normalized spacial score (nSPS) is 25.2. The van der Waals surface area contributed by atoms with Crippen LogP contribution in [0.5, 0.6) is 0 Å². The highest BCUT2D eigenvalue weighted by Gasteiger charge is 2.59. The molecule has 2 aromatic heterocycles. The molecule has 3 heterocycles. The smallest absolute Gasteiger partial charge is 0.229 e. The van der Waals surface area contributed by atoms with E-state index in [-0.39, 0.29) is 28.7 Å². The molecule has 7 heteroatoms. The average Bonchev–Trinajstić information content (AvgIpc) is 2.98. The summed E-state index contributed by atoms with van der Waals surface area (Å²) in [6, 6.07) is 3.89. The van der Waals surface area contributed by atoms with Crippen molar-refractivity contribution >= 4 is 43.0 Å². The molecule has 0 radical (unpaired) electrons. The largest absolute Gasteiger partial charge is 0.310 e. The van der Waals surface area contributed by atoms with Crippen molar-refractivity contribution in [2.75, 3.05) is 16.8 Å². The average molecular weight is 336 g/mol. The van der Waals surface area contributed by atoms with Crippen molar-refractivity contribution in [3.8, 4) is 0 Å². The monoisotopic (exact) mass is 336 g/mol. The summed E-state index contributed by atoms with van der Waals surface area (Å²) in [5.41, 5.74) is -0.0854. The summed E-state index contributed by atoms with van der Waals surface area (Å²) in [6.07, 6.45) is 3.73. The van der Waals surface area contributed by atoms with Crippen LogP contribution in [0.1, 0.15) is 19.3 Å². The first kappa shape index (κ1) is 14.1. The van der Waals surface area contributed by atoms with Gasteiger partial charge in [-0.25, -0.2) is 13.4 Å². The maximum Gasteiger partial charge on any atom is 0.229 e. The topological polar surface area (TPSA) is 76.1 Å². The first-order valence-electron chi connectivity index (χ1n) is 7.33. The number of carbonyl (C=O) groups excluding carboxylic acids is 1. The SMILES string of the molecule is O=C(Nc1nccc2sccc12)C1CC12CCS(=O)(=O)CC2. The molecule has 116 valence electrons. The van der Waals surface area contributed by atoms with Crippen LogP contribution in [-0.4, -0.2) is 30.8 Å². The fourth-order valence-corrected chi connectivity index (χ4v) is 5.83. The van der Waals surface area contributed by atoms with E-state index in [1.807, 2.05) is 17.5 Å². The van der Waals surface area contributed by atoms with Crippen LogP contribution in [0.2, 0.25) is 0 Å². The van der Waals surface area contributed by atoms with E-state index in [1.54, 1.807) is 17.5 Å². The quantitative estimate of drug-likeness (QED) is 0.914. The van der Waals surface area contributed by atoms with Crippen molar-refractivity contribution < 1.29 is 13.2 Å². The molecule has 2 aromatic rings. The number of pyridine rings is 1. The Kier molecular flexibility index (Phi) is 3.06. The maximum atomic E-state index is 12.5. The van der Waals surface area contributed by atoms with Gasteiger partial charge in [0.05, 0.1) is 11.5 Å². The molecular formula is C15H16N2O3S2. The lowest BCUT2D eigenvalue weighted by Gasteiger charge is -2.22. The maximum absolute atomic E-state index is 12.5. The summed E-state index contributed by atoms with van der Waals surface area (Å²) in [6.45, 7) is 0. The summed E-state index contributed by atoms with van der Waals surface area (Å²) >= 11 is 1.62. The third kappa shape index (κ3) is 2.32. The Morgan fingerprint density at radius 1 is 1.32 bits per heavy atom. The molecule has 22 heavy (non-hydrogen) atoms. The number of sulfone groups is 1. The second-order valence-electron chi connectivity index (χ2n) is 6.25. The third-order valence-corrected chi connectivity index (χ3v) is 7.48. The van der Waals surface area contributed by atoms with Crippen molar-refractivity contribution in [2.45, 2.75) is 19.3 Å². The molecular weight excluding hydrogens is 320 g/mol. The summed E-state index contributed by atoms with van der Waals surface area (Å²) in [5, 5.41) is 5.87. The second-order valence-corrected chi connectivity index (χ2v) is 9.50. The highest BCUT2D eigenvalue weighted by molar-refractivity contribution is 7.91. The van der Waals surface area contributed by atoms with Crippen LogP contribution in [0, 0.1) is 11.3 Å². The number of carbonyl (C=O) groups is 1. The Balaban J connectivity index is 1.49. The number of nitrogens with one attached hydrogen (secondary N) is 1. The van der Waals surface area contributed by atoms with Gasteiger partial charge in [-0.3, -0.25) is 4.79 Å². The summed E-state index contributed by atoms with van der Waals surface area (Å²) < 4.78 is 24.2. The van der Waals surface area contributed by atoms with E-state index in [9.17, 15) is 13.2 Å². The fourth-order valence-electron chi connectivity index (χ4n) is 3.41. The van der Waals surface area contributed by atoms with Gasteiger partial charge in [0.15, 0.2) is 0 Å². The number of amides is 1. The highest BCUT2D eigenvalue weighted by atomic mass is 32.2. The minimum atomic E-state index is -2.89. The van der Waals surface area contributed by atoms with Crippen LogP contribution in [0.15, 0.2) is 23.7 Å². The lowest BCUT2D eigenvalue weighted by Crippen LogP contribution is -2.28. The predicted molar refractivity (Wildman–Crippen MR) is 86.7 cm³/mol. The molecule has 2 fully saturated rings. The van der Waals surface area contributed by atoms with Gasteiger partial charge in [0.2, 0.25) is 5.91 Å². The number of rotatable bonds is 2. The number of hydrogen-bond donors (Lipinski definition) is 1. The van der Waals surface area contributed by atoms with E-state index in [1.165, 1.54) is 0 Å². The zero-order valence-electron chi connectivity index (χ0n) is 11.9. The van der Waals surface area contributed by atoms with Crippen LogP contribution < -0.4 is 5.32 Å². The van der Waals surface area contributed by atoms with E-state index in [0.29, 0.717) is 18.7 Å². The van der Waals surface area contributed by atoms with Gasteiger partial charge in [-0.1, -0.05) is 0 Å². The third-order valence-electron chi connectivity index (χ3n) is 4.95. The minimum Gasteiger partial charge on any atom is -0.310 e. The van der Waals surface area contributed by atoms with Crippen LogP contribution >= 0.6 is 11.3 Å². The molecule has 1 atom stereocenters. The first-order valence-corrected chi connectivity index (χ1v) is 10.0. The molecule has 4 rings (SSSR count). The van der Waals surface area contributed by atoms with Crippen LogP contribution in [0.25, 0.3) is 10.1 Å². The van der Waals surface area contributed by atoms with Gasteiger partial charge >= 0.3 is 0 Å².